The number of ether oxygens (including phenoxy) is 3. The number of hydrogen-bond acceptors (Lipinski definition) is 7. The molecule has 1 N–H and O–H groups in total. The summed E-state index contributed by atoms with van der Waals surface area (Å²) in [5.41, 5.74) is 0.365. The first kappa shape index (κ1) is 20.0. The summed E-state index contributed by atoms with van der Waals surface area (Å²) in [4.78, 5) is 18.3. The number of piperidine rings is 1. The van der Waals surface area contributed by atoms with Crippen molar-refractivity contribution in [3.8, 4) is 5.75 Å². The number of halogens is 1. The lowest BCUT2D eigenvalue weighted by Gasteiger charge is -2.32. The number of hydrogen-bond donors (Lipinski definition) is 1. The van der Waals surface area contributed by atoms with E-state index in [4.69, 9.17) is 18.7 Å². The van der Waals surface area contributed by atoms with Crippen LogP contribution in [0.1, 0.15) is 24.6 Å². The molecule has 152 valence electrons. The van der Waals surface area contributed by atoms with Crippen molar-refractivity contribution >= 4 is 11.7 Å². The fourth-order valence-electron chi connectivity index (χ4n) is 2.93. The molecule has 0 spiro atoms. The quantitative estimate of drug-likeness (QED) is 0.770. The second-order valence-electron chi connectivity index (χ2n) is 6.34. The fraction of sp³-hybridized carbons (Fsp3) is 0.500. The maximum atomic E-state index is 13.8. The number of methoxy groups -OCH3 is 2. The molecule has 2 amide bonds. The van der Waals surface area contributed by atoms with Crippen molar-refractivity contribution in [2.45, 2.75) is 32.2 Å². The van der Waals surface area contributed by atoms with Gasteiger partial charge in [0.25, 0.3) is 5.89 Å². The molecule has 2 heterocycles. The zero-order chi connectivity index (χ0) is 19.9. The minimum Gasteiger partial charge on any atom is -0.494 e. The molecule has 9 nitrogen and oxygen atoms in total. The van der Waals surface area contributed by atoms with E-state index in [0.717, 1.165) is 12.8 Å². The van der Waals surface area contributed by atoms with Crippen molar-refractivity contribution in [3.63, 3.8) is 0 Å². The minimum atomic E-state index is -0.534. The van der Waals surface area contributed by atoms with Crippen LogP contribution in [0.5, 0.6) is 5.75 Å². The van der Waals surface area contributed by atoms with Gasteiger partial charge in [-0.15, -0.1) is 0 Å². The summed E-state index contributed by atoms with van der Waals surface area (Å²) in [7, 11) is 2.93. The molecule has 1 fully saturated rings. The van der Waals surface area contributed by atoms with E-state index in [9.17, 15) is 9.18 Å². The number of anilines is 1. The number of aromatic nitrogens is 2. The topological polar surface area (TPSA) is 99.0 Å². The number of benzene rings is 1. The van der Waals surface area contributed by atoms with Crippen molar-refractivity contribution in [2.75, 3.05) is 32.6 Å². The third-order valence-electron chi connectivity index (χ3n) is 4.29. The number of amides is 2. The summed E-state index contributed by atoms with van der Waals surface area (Å²) >= 11 is 0. The molecular formula is C18H23FN4O5. The molecule has 1 saturated heterocycles. The maximum Gasteiger partial charge on any atom is 0.321 e. The van der Waals surface area contributed by atoms with Crippen LogP contribution in [0.3, 0.4) is 0 Å². The van der Waals surface area contributed by atoms with Gasteiger partial charge in [0.1, 0.15) is 13.2 Å². The zero-order valence-electron chi connectivity index (χ0n) is 15.8. The molecule has 10 heteroatoms. The maximum absolute atomic E-state index is 13.8. The highest BCUT2D eigenvalue weighted by molar-refractivity contribution is 5.89. The number of likely N-dealkylation sites (tertiary alicyclic amines) is 1. The summed E-state index contributed by atoms with van der Waals surface area (Å²) in [5, 5.41) is 6.52. The standard InChI is InChI=1S/C18H23FN4O5/c1-25-11-17-21-16(22-28-17)10-27-13-4-3-7-23(9-13)18(24)20-12-5-6-15(26-2)14(19)8-12/h5-6,8,13H,3-4,7,9-11H2,1-2H3,(H,20,24). The Morgan fingerprint density at radius 3 is 3.00 bits per heavy atom. The second kappa shape index (κ2) is 9.47. The van der Waals surface area contributed by atoms with Gasteiger partial charge in [-0.2, -0.15) is 4.98 Å². The van der Waals surface area contributed by atoms with Crippen LogP contribution in [0.25, 0.3) is 0 Å². The molecule has 1 aliphatic rings. The van der Waals surface area contributed by atoms with Crippen molar-refractivity contribution in [1.29, 1.82) is 0 Å². The average Bonchev–Trinajstić information content (AvgIpc) is 3.14. The van der Waals surface area contributed by atoms with E-state index in [-0.39, 0.29) is 31.1 Å². The molecule has 0 saturated carbocycles. The summed E-state index contributed by atoms with van der Waals surface area (Å²) in [5.74, 6) is 0.410. The average molecular weight is 394 g/mol. The molecule has 28 heavy (non-hydrogen) atoms. The van der Waals surface area contributed by atoms with Crippen LogP contribution < -0.4 is 10.1 Å². The van der Waals surface area contributed by atoms with Gasteiger partial charge in [0, 0.05) is 32.0 Å². The molecule has 1 unspecified atom stereocenters. The van der Waals surface area contributed by atoms with Crippen molar-refractivity contribution < 1.29 is 27.9 Å². The third kappa shape index (κ3) is 5.17. The van der Waals surface area contributed by atoms with E-state index in [2.05, 4.69) is 15.5 Å². The van der Waals surface area contributed by atoms with Crippen molar-refractivity contribution in [1.82, 2.24) is 15.0 Å². The van der Waals surface area contributed by atoms with Crippen LogP contribution in [-0.4, -0.2) is 54.5 Å². The van der Waals surface area contributed by atoms with Gasteiger partial charge in [0.2, 0.25) is 0 Å². The summed E-state index contributed by atoms with van der Waals surface area (Å²) in [6.45, 7) is 1.46. The van der Waals surface area contributed by atoms with E-state index in [1.807, 2.05) is 0 Å². The predicted molar refractivity (Wildman–Crippen MR) is 96.4 cm³/mol. The van der Waals surface area contributed by atoms with Crippen LogP contribution in [0.4, 0.5) is 14.9 Å². The van der Waals surface area contributed by atoms with Crippen LogP contribution in [0.15, 0.2) is 22.7 Å². The van der Waals surface area contributed by atoms with Gasteiger partial charge in [-0.25, -0.2) is 9.18 Å². The Hall–Kier alpha value is -2.72. The number of carbonyl (C=O) groups excluding carboxylic acids is 1. The Kier molecular flexibility index (Phi) is 6.77. The number of carbonyl (C=O) groups is 1. The van der Waals surface area contributed by atoms with Crippen molar-refractivity contribution in [2.24, 2.45) is 0 Å². The number of nitrogens with one attached hydrogen (secondary N) is 1. The van der Waals surface area contributed by atoms with E-state index in [0.29, 0.717) is 30.5 Å². The minimum absolute atomic E-state index is 0.125. The highest BCUT2D eigenvalue weighted by Gasteiger charge is 2.25. The molecule has 1 aromatic heterocycles. The highest BCUT2D eigenvalue weighted by atomic mass is 19.1. The molecular weight excluding hydrogens is 371 g/mol. The van der Waals surface area contributed by atoms with Gasteiger partial charge in [-0.3, -0.25) is 0 Å². The second-order valence-corrected chi connectivity index (χ2v) is 6.34. The van der Waals surface area contributed by atoms with Gasteiger partial charge in [0.15, 0.2) is 17.4 Å². The molecule has 0 bridgehead atoms. The van der Waals surface area contributed by atoms with Crippen LogP contribution in [0, 0.1) is 5.82 Å². The van der Waals surface area contributed by atoms with Crippen LogP contribution in [-0.2, 0) is 22.7 Å². The largest absolute Gasteiger partial charge is 0.494 e. The lowest BCUT2D eigenvalue weighted by atomic mass is 10.1. The van der Waals surface area contributed by atoms with E-state index in [1.54, 1.807) is 18.1 Å². The normalized spacial score (nSPS) is 16.8. The zero-order valence-corrected chi connectivity index (χ0v) is 15.8. The van der Waals surface area contributed by atoms with Gasteiger partial charge in [-0.05, 0) is 25.0 Å². The molecule has 3 rings (SSSR count). The summed E-state index contributed by atoms with van der Waals surface area (Å²) < 4.78 is 34.4. The first-order valence-electron chi connectivity index (χ1n) is 8.90. The van der Waals surface area contributed by atoms with Gasteiger partial charge in [-0.1, -0.05) is 5.16 Å². The number of urea groups is 1. The Labute approximate surface area is 161 Å². The van der Waals surface area contributed by atoms with Gasteiger partial charge >= 0.3 is 6.03 Å². The summed E-state index contributed by atoms with van der Waals surface area (Å²) in [6, 6.07) is 3.98. The monoisotopic (exact) mass is 394 g/mol. The lowest BCUT2D eigenvalue weighted by molar-refractivity contribution is -0.00242. The van der Waals surface area contributed by atoms with Crippen molar-refractivity contribution in [3.05, 3.63) is 35.7 Å². The first-order valence-corrected chi connectivity index (χ1v) is 8.90. The molecule has 0 aliphatic carbocycles. The highest BCUT2D eigenvalue weighted by Crippen LogP contribution is 2.22. The molecule has 1 aromatic carbocycles. The fourth-order valence-corrected chi connectivity index (χ4v) is 2.93. The lowest BCUT2D eigenvalue weighted by Crippen LogP contribution is -2.45. The third-order valence-corrected chi connectivity index (χ3v) is 4.29. The Bertz CT molecular complexity index is 800. The summed E-state index contributed by atoms with van der Waals surface area (Å²) in [6.07, 6.45) is 1.48. The Balaban J connectivity index is 1.50. The number of nitrogens with zero attached hydrogens (tertiary/aromatic N) is 3. The Morgan fingerprint density at radius 1 is 1.39 bits per heavy atom. The van der Waals surface area contributed by atoms with E-state index >= 15 is 0 Å². The molecule has 1 aliphatic heterocycles. The molecule has 0 radical (unpaired) electrons. The van der Waals surface area contributed by atoms with Crippen LogP contribution >= 0.6 is 0 Å². The van der Waals surface area contributed by atoms with E-state index < -0.39 is 5.82 Å². The number of rotatable bonds is 7. The van der Waals surface area contributed by atoms with E-state index in [1.165, 1.54) is 19.2 Å². The SMILES string of the molecule is COCc1nc(COC2CCCN(C(=O)Nc3ccc(OC)c(F)c3)C2)no1. The Morgan fingerprint density at radius 2 is 2.25 bits per heavy atom. The smallest absolute Gasteiger partial charge is 0.321 e. The van der Waals surface area contributed by atoms with Gasteiger partial charge in [0.05, 0.1) is 13.2 Å². The molecule has 1 atom stereocenters. The molecule has 2 aromatic rings. The first-order chi connectivity index (χ1) is 13.6. The predicted octanol–water partition coefficient (Wildman–Crippen LogP) is 2.58. The van der Waals surface area contributed by atoms with Crippen LogP contribution in [0.2, 0.25) is 0 Å². The van der Waals surface area contributed by atoms with Gasteiger partial charge < -0.3 is 29.0 Å².